The third-order valence-corrected chi connectivity index (χ3v) is 4.33. The van der Waals surface area contributed by atoms with Crippen molar-refractivity contribution in [3.63, 3.8) is 0 Å². The summed E-state index contributed by atoms with van der Waals surface area (Å²) in [7, 11) is 0. The zero-order chi connectivity index (χ0) is 13.9. The molecule has 1 aromatic carbocycles. The molecule has 1 saturated heterocycles. The van der Waals surface area contributed by atoms with Crippen LogP contribution in [0.25, 0.3) is 10.9 Å². The van der Waals surface area contributed by atoms with Crippen LogP contribution in [0.3, 0.4) is 0 Å². The van der Waals surface area contributed by atoms with Crippen molar-refractivity contribution in [3.8, 4) is 0 Å². The van der Waals surface area contributed by atoms with E-state index in [9.17, 15) is 0 Å². The molecule has 3 rings (SSSR count). The predicted molar refractivity (Wildman–Crippen MR) is 82.4 cm³/mol. The van der Waals surface area contributed by atoms with Gasteiger partial charge in [0.2, 0.25) is 0 Å². The van der Waals surface area contributed by atoms with Crippen molar-refractivity contribution >= 4 is 10.9 Å². The summed E-state index contributed by atoms with van der Waals surface area (Å²) in [6.07, 6.45) is 1.88. The van der Waals surface area contributed by atoms with E-state index in [-0.39, 0.29) is 0 Å². The van der Waals surface area contributed by atoms with Crippen molar-refractivity contribution in [3.05, 3.63) is 42.1 Å². The van der Waals surface area contributed by atoms with Crippen molar-refractivity contribution in [2.45, 2.75) is 13.0 Å². The minimum absolute atomic E-state index is 0.397. The zero-order valence-electron chi connectivity index (χ0n) is 12.0. The molecule has 2 aromatic rings. The Morgan fingerprint density at radius 1 is 1.15 bits per heavy atom. The molecule has 20 heavy (non-hydrogen) atoms. The van der Waals surface area contributed by atoms with Crippen LogP contribution in [0.15, 0.2) is 36.5 Å². The standard InChI is InChI=1S/C16H22N4/c1-13(20-10-8-19(12-17)9-11-20)15-6-2-4-14-5-3-7-18-16(14)15/h2-7,13H,8-12,17H2,1H3. The normalized spacial score (nSPS) is 19.3. The Morgan fingerprint density at radius 2 is 1.90 bits per heavy atom. The van der Waals surface area contributed by atoms with Crippen LogP contribution in [-0.2, 0) is 0 Å². The maximum Gasteiger partial charge on any atom is 0.0749 e. The first-order chi connectivity index (χ1) is 9.79. The van der Waals surface area contributed by atoms with Crippen molar-refractivity contribution in [1.29, 1.82) is 0 Å². The molecule has 106 valence electrons. The highest BCUT2D eigenvalue weighted by atomic mass is 15.3. The number of hydrogen-bond donors (Lipinski definition) is 1. The number of para-hydroxylation sites is 1. The summed E-state index contributed by atoms with van der Waals surface area (Å²) in [5.41, 5.74) is 8.16. The number of nitrogens with zero attached hydrogens (tertiary/aromatic N) is 3. The Kier molecular flexibility index (Phi) is 3.96. The molecule has 4 nitrogen and oxygen atoms in total. The van der Waals surface area contributed by atoms with E-state index in [1.165, 1.54) is 10.9 Å². The fourth-order valence-electron chi connectivity index (χ4n) is 2.99. The largest absolute Gasteiger partial charge is 0.318 e. The van der Waals surface area contributed by atoms with E-state index in [0.29, 0.717) is 12.7 Å². The summed E-state index contributed by atoms with van der Waals surface area (Å²) in [5, 5.41) is 1.22. The highest BCUT2D eigenvalue weighted by Gasteiger charge is 2.22. The maximum atomic E-state index is 5.71. The molecule has 1 fully saturated rings. The second kappa shape index (κ2) is 5.87. The third kappa shape index (κ3) is 2.54. The second-order valence-electron chi connectivity index (χ2n) is 5.43. The van der Waals surface area contributed by atoms with Gasteiger partial charge in [-0.1, -0.05) is 24.3 Å². The van der Waals surface area contributed by atoms with Crippen molar-refractivity contribution in [2.24, 2.45) is 5.73 Å². The van der Waals surface area contributed by atoms with Gasteiger partial charge in [0, 0.05) is 50.5 Å². The molecule has 1 aliphatic rings. The van der Waals surface area contributed by atoms with Gasteiger partial charge in [-0.15, -0.1) is 0 Å². The molecule has 0 spiro atoms. The molecule has 0 bridgehead atoms. The Hall–Kier alpha value is -1.49. The molecule has 2 heterocycles. The van der Waals surface area contributed by atoms with Crippen LogP contribution in [-0.4, -0.2) is 47.6 Å². The van der Waals surface area contributed by atoms with E-state index >= 15 is 0 Å². The Labute approximate surface area is 120 Å². The van der Waals surface area contributed by atoms with E-state index < -0.39 is 0 Å². The van der Waals surface area contributed by atoms with Gasteiger partial charge >= 0.3 is 0 Å². The third-order valence-electron chi connectivity index (χ3n) is 4.33. The molecule has 1 aromatic heterocycles. The van der Waals surface area contributed by atoms with Crippen molar-refractivity contribution in [1.82, 2.24) is 14.8 Å². The Morgan fingerprint density at radius 3 is 2.65 bits per heavy atom. The number of piperazine rings is 1. The van der Waals surface area contributed by atoms with Crippen LogP contribution in [0, 0.1) is 0 Å². The number of fused-ring (bicyclic) bond motifs is 1. The highest BCUT2D eigenvalue weighted by molar-refractivity contribution is 5.81. The topological polar surface area (TPSA) is 45.4 Å². The molecule has 0 radical (unpaired) electrons. The number of aromatic nitrogens is 1. The van der Waals surface area contributed by atoms with Gasteiger partial charge in [-0.2, -0.15) is 0 Å². The highest BCUT2D eigenvalue weighted by Crippen LogP contribution is 2.27. The van der Waals surface area contributed by atoms with E-state index in [0.717, 1.165) is 31.7 Å². The first kappa shape index (κ1) is 13.5. The summed E-state index contributed by atoms with van der Waals surface area (Å²) in [6.45, 7) is 7.20. The Bertz CT molecular complexity index is 570. The van der Waals surface area contributed by atoms with Crippen LogP contribution in [0.2, 0.25) is 0 Å². The molecule has 4 heteroatoms. The van der Waals surface area contributed by atoms with Gasteiger partial charge in [0.25, 0.3) is 0 Å². The molecular formula is C16H22N4. The first-order valence-electron chi connectivity index (χ1n) is 7.29. The van der Waals surface area contributed by atoms with Crippen LogP contribution in [0.4, 0.5) is 0 Å². The fraction of sp³-hybridized carbons (Fsp3) is 0.438. The van der Waals surface area contributed by atoms with Crippen LogP contribution in [0.1, 0.15) is 18.5 Å². The lowest BCUT2D eigenvalue weighted by Crippen LogP contribution is -2.48. The molecule has 0 aliphatic carbocycles. The number of rotatable bonds is 3. The summed E-state index contributed by atoms with van der Waals surface area (Å²) in [4.78, 5) is 9.39. The molecule has 1 atom stereocenters. The average molecular weight is 270 g/mol. The quantitative estimate of drug-likeness (QED) is 0.924. The maximum absolute atomic E-state index is 5.71. The van der Waals surface area contributed by atoms with Gasteiger partial charge in [0.15, 0.2) is 0 Å². The minimum Gasteiger partial charge on any atom is -0.318 e. The van der Waals surface area contributed by atoms with Crippen LogP contribution in [0.5, 0.6) is 0 Å². The Balaban J connectivity index is 1.84. The predicted octanol–water partition coefficient (Wildman–Crippen LogP) is 1.83. The smallest absolute Gasteiger partial charge is 0.0749 e. The minimum atomic E-state index is 0.397. The van der Waals surface area contributed by atoms with E-state index in [1.54, 1.807) is 0 Å². The van der Waals surface area contributed by atoms with E-state index in [4.69, 9.17) is 5.73 Å². The van der Waals surface area contributed by atoms with Gasteiger partial charge in [0.1, 0.15) is 0 Å². The van der Waals surface area contributed by atoms with Crippen LogP contribution >= 0.6 is 0 Å². The lowest BCUT2D eigenvalue weighted by molar-refractivity contribution is 0.105. The molecule has 1 aliphatic heterocycles. The summed E-state index contributed by atoms with van der Waals surface area (Å²) >= 11 is 0. The lowest BCUT2D eigenvalue weighted by atomic mass is 10.0. The average Bonchev–Trinajstić information content (AvgIpc) is 2.54. The number of pyridine rings is 1. The second-order valence-corrected chi connectivity index (χ2v) is 5.43. The van der Waals surface area contributed by atoms with Crippen LogP contribution < -0.4 is 5.73 Å². The van der Waals surface area contributed by atoms with E-state index in [2.05, 4.69) is 46.0 Å². The van der Waals surface area contributed by atoms with Gasteiger partial charge in [-0.05, 0) is 18.6 Å². The zero-order valence-corrected chi connectivity index (χ0v) is 12.0. The SMILES string of the molecule is CC(c1cccc2cccnc12)N1CCN(CN)CC1. The number of nitrogens with two attached hydrogens (primary N) is 1. The van der Waals surface area contributed by atoms with Crippen molar-refractivity contribution in [2.75, 3.05) is 32.8 Å². The first-order valence-corrected chi connectivity index (χ1v) is 7.29. The van der Waals surface area contributed by atoms with Crippen molar-refractivity contribution < 1.29 is 0 Å². The molecule has 1 unspecified atom stereocenters. The summed E-state index contributed by atoms with van der Waals surface area (Å²) in [6, 6.07) is 11.0. The number of benzene rings is 1. The van der Waals surface area contributed by atoms with Gasteiger partial charge in [-0.25, -0.2) is 0 Å². The molecular weight excluding hydrogens is 248 g/mol. The summed E-state index contributed by atoms with van der Waals surface area (Å²) in [5.74, 6) is 0. The molecule has 2 N–H and O–H groups in total. The van der Waals surface area contributed by atoms with E-state index in [1.807, 2.05) is 12.3 Å². The number of hydrogen-bond acceptors (Lipinski definition) is 4. The lowest BCUT2D eigenvalue weighted by Gasteiger charge is -2.37. The summed E-state index contributed by atoms with van der Waals surface area (Å²) < 4.78 is 0. The monoisotopic (exact) mass is 270 g/mol. The molecule has 0 saturated carbocycles. The van der Waals surface area contributed by atoms with Gasteiger partial charge < -0.3 is 5.73 Å². The molecule has 0 amide bonds. The van der Waals surface area contributed by atoms with Gasteiger partial charge in [-0.3, -0.25) is 14.8 Å². The van der Waals surface area contributed by atoms with Gasteiger partial charge in [0.05, 0.1) is 5.52 Å². The fourth-order valence-corrected chi connectivity index (χ4v) is 2.99.